The highest BCUT2D eigenvalue weighted by Gasteiger charge is 2.43. The lowest BCUT2D eigenvalue weighted by Gasteiger charge is -2.31. The minimum absolute atomic E-state index is 0.155. The molecule has 26 heavy (non-hydrogen) atoms. The van der Waals surface area contributed by atoms with Crippen molar-refractivity contribution < 1.29 is 24.2 Å². The number of para-hydroxylation sites is 2. The number of ether oxygens (including phenoxy) is 2. The van der Waals surface area contributed by atoms with Crippen LogP contribution in [0.15, 0.2) is 48.5 Å². The first-order valence-corrected chi connectivity index (χ1v) is 8.53. The number of carboxylic acids is 1. The second-order valence-corrected chi connectivity index (χ2v) is 7.64. The van der Waals surface area contributed by atoms with E-state index in [2.05, 4.69) is 0 Å². The van der Waals surface area contributed by atoms with E-state index < -0.39 is 23.8 Å². The number of fused-ring (bicyclic) bond motifs is 2. The number of rotatable bonds is 4. The molecule has 5 heteroatoms. The number of hydrogen-bond donors (Lipinski definition) is 1. The maximum Gasteiger partial charge on any atom is 0.321 e. The summed E-state index contributed by atoms with van der Waals surface area (Å²) in [6, 6.07) is 14.4. The fraction of sp³-hybridized carbons (Fsp3) is 0.333. The Morgan fingerprint density at radius 2 is 1.54 bits per heavy atom. The third-order valence-electron chi connectivity index (χ3n) is 4.23. The number of carboxylic acid groups (broad SMARTS) is 1. The molecule has 1 atom stereocenters. The summed E-state index contributed by atoms with van der Waals surface area (Å²) in [6.45, 7) is 5.93. The Bertz CT molecular complexity index is 789. The number of hydrogen-bond acceptors (Lipinski definition) is 4. The predicted octanol–water partition coefficient (Wildman–Crippen LogP) is 4.21. The van der Waals surface area contributed by atoms with Crippen LogP contribution in [0.1, 0.15) is 37.8 Å². The molecule has 2 aromatic rings. The molecule has 0 fully saturated rings. The summed E-state index contributed by atoms with van der Waals surface area (Å²) >= 11 is 0. The van der Waals surface area contributed by atoms with E-state index in [1.807, 2.05) is 45.0 Å². The summed E-state index contributed by atoms with van der Waals surface area (Å²) in [5.74, 6) is -2.83. The van der Waals surface area contributed by atoms with E-state index in [4.69, 9.17) is 9.47 Å². The van der Waals surface area contributed by atoms with E-state index in [0.717, 1.165) is 0 Å². The Balaban J connectivity index is 2.04. The van der Waals surface area contributed by atoms with Gasteiger partial charge in [0.15, 0.2) is 5.92 Å². The summed E-state index contributed by atoms with van der Waals surface area (Å²) in [5, 5.41) is 9.83. The molecule has 0 aromatic heterocycles. The van der Waals surface area contributed by atoms with Crippen LogP contribution in [0.25, 0.3) is 0 Å². The molecule has 3 rings (SSSR count). The average Bonchev–Trinajstić information content (AvgIpc) is 2.58. The molecular weight excluding hydrogens is 332 g/mol. The lowest BCUT2D eigenvalue weighted by molar-refractivity contribution is -0.161. The fourth-order valence-electron chi connectivity index (χ4n) is 3.06. The van der Waals surface area contributed by atoms with Crippen LogP contribution in [0.4, 0.5) is 0 Å². The van der Waals surface area contributed by atoms with E-state index in [9.17, 15) is 14.7 Å². The second kappa shape index (κ2) is 6.83. The average molecular weight is 354 g/mol. The molecule has 2 aromatic carbocycles. The Morgan fingerprint density at radius 1 is 1.04 bits per heavy atom. The quantitative estimate of drug-likeness (QED) is 0.657. The van der Waals surface area contributed by atoms with Crippen LogP contribution < -0.4 is 4.74 Å². The van der Waals surface area contributed by atoms with E-state index in [-0.39, 0.29) is 12.0 Å². The molecule has 0 amide bonds. The van der Waals surface area contributed by atoms with Gasteiger partial charge in [-0.2, -0.15) is 0 Å². The topological polar surface area (TPSA) is 72.8 Å². The highest BCUT2D eigenvalue weighted by molar-refractivity contribution is 5.96. The highest BCUT2D eigenvalue weighted by Crippen LogP contribution is 2.47. The zero-order valence-electron chi connectivity index (χ0n) is 15.1. The number of aliphatic carboxylic acids is 1. The maximum absolute atomic E-state index is 12.7. The van der Waals surface area contributed by atoms with Crippen molar-refractivity contribution in [2.24, 2.45) is 11.3 Å². The first-order chi connectivity index (χ1) is 12.3. The van der Waals surface area contributed by atoms with Gasteiger partial charge in [-0.3, -0.25) is 9.59 Å². The van der Waals surface area contributed by atoms with E-state index >= 15 is 0 Å². The SMILES string of the molecule is CC(C)(C)COC(=O)C(C(=O)O)C1c2ccccc2Oc2ccccc21. The minimum Gasteiger partial charge on any atom is -0.481 e. The number of esters is 1. The fourth-order valence-corrected chi connectivity index (χ4v) is 3.06. The Kier molecular flexibility index (Phi) is 4.72. The molecule has 1 unspecified atom stereocenters. The molecule has 0 spiro atoms. The molecule has 0 bridgehead atoms. The molecular formula is C21H22O5. The monoisotopic (exact) mass is 354 g/mol. The van der Waals surface area contributed by atoms with Gasteiger partial charge in [0.2, 0.25) is 0 Å². The lowest BCUT2D eigenvalue weighted by atomic mass is 9.78. The molecule has 0 radical (unpaired) electrons. The van der Waals surface area contributed by atoms with Gasteiger partial charge in [-0.15, -0.1) is 0 Å². The van der Waals surface area contributed by atoms with Gasteiger partial charge in [-0.1, -0.05) is 57.2 Å². The second-order valence-electron chi connectivity index (χ2n) is 7.64. The third kappa shape index (κ3) is 3.57. The van der Waals surface area contributed by atoms with Crippen LogP contribution in [-0.2, 0) is 14.3 Å². The summed E-state index contributed by atoms with van der Waals surface area (Å²) in [7, 11) is 0. The maximum atomic E-state index is 12.7. The number of benzene rings is 2. The van der Waals surface area contributed by atoms with E-state index in [0.29, 0.717) is 22.6 Å². The Morgan fingerprint density at radius 3 is 2.00 bits per heavy atom. The van der Waals surface area contributed by atoms with Gasteiger partial charge in [-0.05, 0) is 17.5 Å². The van der Waals surface area contributed by atoms with Crippen LogP contribution in [0.2, 0.25) is 0 Å². The number of carbonyl (C=O) groups is 2. The molecule has 0 saturated carbocycles. The normalized spacial score (nSPS) is 14.6. The van der Waals surface area contributed by atoms with Gasteiger partial charge < -0.3 is 14.6 Å². The first kappa shape index (κ1) is 18.0. The zero-order valence-corrected chi connectivity index (χ0v) is 15.1. The Hall–Kier alpha value is -2.82. The van der Waals surface area contributed by atoms with Crippen molar-refractivity contribution in [2.75, 3.05) is 6.61 Å². The predicted molar refractivity (Wildman–Crippen MR) is 96.3 cm³/mol. The summed E-state index contributed by atoms with van der Waals surface area (Å²) in [4.78, 5) is 24.7. The molecule has 0 saturated heterocycles. The van der Waals surface area contributed by atoms with E-state index in [1.54, 1.807) is 24.3 Å². The third-order valence-corrected chi connectivity index (χ3v) is 4.23. The molecule has 1 aliphatic rings. The zero-order chi connectivity index (χ0) is 18.9. The molecule has 1 heterocycles. The first-order valence-electron chi connectivity index (χ1n) is 8.53. The van der Waals surface area contributed by atoms with Crippen molar-refractivity contribution in [1.29, 1.82) is 0 Å². The summed E-state index contributed by atoms with van der Waals surface area (Å²) < 4.78 is 11.2. The van der Waals surface area contributed by atoms with Crippen molar-refractivity contribution in [3.63, 3.8) is 0 Å². The minimum atomic E-state index is -1.34. The van der Waals surface area contributed by atoms with Crippen molar-refractivity contribution >= 4 is 11.9 Å². The van der Waals surface area contributed by atoms with Gasteiger partial charge in [0.25, 0.3) is 0 Å². The largest absolute Gasteiger partial charge is 0.481 e. The smallest absolute Gasteiger partial charge is 0.321 e. The molecule has 1 N–H and O–H groups in total. The van der Waals surface area contributed by atoms with Crippen molar-refractivity contribution in [3.8, 4) is 11.5 Å². The Labute approximate surface area is 152 Å². The van der Waals surface area contributed by atoms with Crippen molar-refractivity contribution in [1.82, 2.24) is 0 Å². The summed E-state index contributed by atoms with van der Waals surface area (Å²) in [5.41, 5.74) is 1.10. The van der Waals surface area contributed by atoms with Gasteiger partial charge in [0, 0.05) is 17.0 Å². The molecule has 5 nitrogen and oxygen atoms in total. The van der Waals surface area contributed by atoms with Crippen LogP contribution in [-0.4, -0.2) is 23.7 Å². The van der Waals surface area contributed by atoms with E-state index in [1.165, 1.54) is 0 Å². The number of carbonyl (C=O) groups excluding carboxylic acids is 1. The van der Waals surface area contributed by atoms with Gasteiger partial charge in [-0.25, -0.2) is 0 Å². The van der Waals surface area contributed by atoms with Crippen LogP contribution >= 0.6 is 0 Å². The van der Waals surface area contributed by atoms with Crippen molar-refractivity contribution in [3.05, 3.63) is 59.7 Å². The molecule has 1 aliphatic heterocycles. The van der Waals surface area contributed by atoms with Crippen molar-refractivity contribution in [2.45, 2.75) is 26.7 Å². The van der Waals surface area contributed by atoms with Crippen LogP contribution in [0, 0.1) is 11.3 Å². The van der Waals surface area contributed by atoms with Crippen LogP contribution in [0.5, 0.6) is 11.5 Å². The molecule has 136 valence electrons. The van der Waals surface area contributed by atoms with Crippen LogP contribution in [0.3, 0.4) is 0 Å². The summed E-state index contributed by atoms with van der Waals surface area (Å²) in [6.07, 6.45) is 0. The van der Waals surface area contributed by atoms with Gasteiger partial charge in [0.1, 0.15) is 11.5 Å². The standard InChI is InChI=1S/C21H22O5/c1-21(2,3)12-25-20(24)18(19(22)23)17-13-8-4-6-10-15(13)26-16-11-7-5-9-14(16)17/h4-11,17-18H,12H2,1-3H3,(H,22,23). The lowest BCUT2D eigenvalue weighted by Crippen LogP contribution is -2.35. The highest BCUT2D eigenvalue weighted by atomic mass is 16.5. The van der Waals surface area contributed by atoms with Gasteiger partial charge in [0.05, 0.1) is 6.61 Å². The molecule has 0 aliphatic carbocycles. The van der Waals surface area contributed by atoms with Gasteiger partial charge >= 0.3 is 11.9 Å².